The number of halogens is 1. The fourth-order valence-electron chi connectivity index (χ4n) is 1.73. The van der Waals surface area contributed by atoms with E-state index in [9.17, 15) is 9.59 Å². The smallest absolute Gasteiger partial charge is 0.339 e. The second-order valence-corrected chi connectivity index (χ2v) is 6.50. The Bertz CT molecular complexity index is 628. The van der Waals surface area contributed by atoms with Crippen molar-refractivity contribution in [2.24, 2.45) is 0 Å². The molecule has 0 spiro atoms. The molecule has 0 radical (unpaired) electrons. The van der Waals surface area contributed by atoms with Crippen molar-refractivity contribution in [2.75, 3.05) is 6.61 Å². The zero-order valence-corrected chi connectivity index (χ0v) is 14.3. The molecule has 1 atom stereocenters. The van der Waals surface area contributed by atoms with E-state index in [4.69, 9.17) is 4.74 Å². The number of benzene rings is 1. The fraction of sp³-hybridized carbons (Fsp3) is 0.200. The quantitative estimate of drug-likeness (QED) is 0.602. The van der Waals surface area contributed by atoms with Gasteiger partial charge in [0.25, 0.3) is 5.91 Å². The molecule has 1 aromatic carbocycles. The van der Waals surface area contributed by atoms with Crippen LogP contribution in [0.4, 0.5) is 0 Å². The predicted molar refractivity (Wildman–Crippen MR) is 90.3 cm³/mol. The minimum atomic E-state index is -0.487. The summed E-state index contributed by atoms with van der Waals surface area (Å²) in [6.45, 7) is 1.62. The average molecular weight is 415 g/mol. The summed E-state index contributed by atoms with van der Waals surface area (Å²) in [6, 6.07) is 10.9. The fourth-order valence-corrected chi connectivity index (χ4v) is 3.07. The maximum Gasteiger partial charge on any atom is 0.339 e. The molecule has 0 saturated heterocycles. The third kappa shape index (κ3) is 4.53. The normalized spacial score (nSPS) is 11.7. The van der Waals surface area contributed by atoms with Gasteiger partial charge < -0.3 is 10.1 Å². The summed E-state index contributed by atoms with van der Waals surface area (Å²) in [5, 5.41) is 4.75. The summed E-state index contributed by atoms with van der Waals surface area (Å²) in [5.41, 5.74) is 0.470. The number of nitrogens with one attached hydrogen (secondary N) is 1. The van der Waals surface area contributed by atoms with E-state index >= 15 is 0 Å². The van der Waals surface area contributed by atoms with Crippen molar-refractivity contribution in [3.05, 3.63) is 55.8 Å². The van der Waals surface area contributed by atoms with Crippen LogP contribution in [-0.2, 0) is 9.53 Å². The number of ether oxygens (including phenoxy) is 1. The van der Waals surface area contributed by atoms with Crippen molar-refractivity contribution in [3.63, 3.8) is 0 Å². The first-order chi connectivity index (χ1) is 10.1. The second kappa shape index (κ2) is 7.56. The Balaban J connectivity index is 1.84. The molecule has 0 bridgehead atoms. The summed E-state index contributed by atoms with van der Waals surface area (Å²) in [6.07, 6.45) is 0. The van der Waals surface area contributed by atoms with E-state index in [-0.39, 0.29) is 18.6 Å². The molecule has 0 fully saturated rings. The van der Waals surface area contributed by atoms with Crippen molar-refractivity contribution in [3.8, 4) is 0 Å². The molecule has 0 aliphatic rings. The molecule has 1 aromatic heterocycles. The lowest BCUT2D eigenvalue weighted by Crippen LogP contribution is -2.30. The Morgan fingerprint density at radius 2 is 2.05 bits per heavy atom. The first kappa shape index (κ1) is 16.0. The van der Waals surface area contributed by atoms with Gasteiger partial charge in [-0.15, -0.1) is 11.3 Å². The number of hydrogen-bond donors (Lipinski definition) is 1. The first-order valence-electron chi connectivity index (χ1n) is 6.32. The Hall–Kier alpha value is -1.41. The van der Waals surface area contributed by atoms with Crippen molar-refractivity contribution in [1.82, 2.24) is 5.32 Å². The Kier molecular flexibility index (Phi) is 5.75. The third-order valence-electron chi connectivity index (χ3n) is 2.78. The van der Waals surface area contributed by atoms with E-state index in [2.05, 4.69) is 27.9 Å². The molecule has 0 aliphatic heterocycles. The summed E-state index contributed by atoms with van der Waals surface area (Å²) in [4.78, 5) is 24.7. The van der Waals surface area contributed by atoms with Gasteiger partial charge in [-0.25, -0.2) is 4.79 Å². The molecule has 1 N–H and O–H groups in total. The second-order valence-electron chi connectivity index (χ2n) is 4.36. The molecular formula is C15H14INO3S. The lowest BCUT2D eigenvalue weighted by molar-refractivity contribution is -0.124. The molecular weight excluding hydrogens is 401 g/mol. The highest BCUT2D eigenvalue weighted by atomic mass is 127. The van der Waals surface area contributed by atoms with Gasteiger partial charge in [0.15, 0.2) is 6.61 Å². The minimum absolute atomic E-state index is 0.0898. The Labute approximate surface area is 140 Å². The molecule has 21 heavy (non-hydrogen) atoms. The maximum atomic E-state index is 11.9. The number of rotatable bonds is 5. The highest BCUT2D eigenvalue weighted by Gasteiger charge is 2.15. The van der Waals surface area contributed by atoms with Crippen molar-refractivity contribution in [2.45, 2.75) is 13.0 Å². The van der Waals surface area contributed by atoms with Gasteiger partial charge in [-0.2, -0.15) is 0 Å². The number of carbonyl (C=O) groups is 2. The van der Waals surface area contributed by atoms with E-state index in [1.54, 1.807) is 23.5 Å². The lowest BCUT2D eigenvalue weighted by Gasteiger charge is -2.12. The van der Waals surface area contributed by atoms with Gasteiger partial charge in [-0.05, 0) is 53.1 Å². The van der Waals surface area contributed by atoms with Gasteiger partial charge in [-0.3, -0.25) is 4.79 Å². The molecule has 1 unspecified atom stereocenters. The first-order valence-corrected chi connectivity index (χ1v) is 8.28. The van der Waals surface area contributed by atoms with Crippen LogP contribution in [0.25, 0.3) is 0 Å². The van der Waals surface area contributed by atoms with Crippen molar-refractivity contribution in [1.29, 1.82) is 0 Å². The van der Waals surface area contributed by atoms with E-state index in [1.807, 2.05) is 36.6 Å². The van der Waals surface area contributed by atoms with Crippen LogP contribution in [0, 0.1) is 3.57 Å². The van der Waals surface area contributed by atoms with Crippen molar-refractivity contribution >= 4 is 45.8 Å². The van der Waals surface area contributed by atoms with Crippen LogP contribution < -0.4 is 5.32 Å². The number of esters is 1. The SMILES string of the molecule is CC(NC(=O)COC(=O)c1ccccc1I)c1cccs1. The standard InChI is InChI=1S/C15H14INO3S/c1-10(13-7-4-8-21-13)17-14(18)9-20-15(19)11-5-2-3-6-12(11)16/h2-8,10H,9H2,1H3,(H,17,18). The number of carbonyl (C=O) groups excluding carboxylic acids is 2. The van der Waals surface area contributed by atoms with E-state index in [0.717, 1.165) is 8.45 Å². The van der Waals surface area contributed by atoms with Gasteiger partial charge in [-0.1, -0.05) is 18.2 Å². The van der Waals surface area contributed by atoms with Crippen LogP contribution in [0.3, 0.4) is 0 Å². The predicted octanol–water partition coefficient (Wildman–Crippen LogP) is 3.39. The molecule has 2 rings (SSSR count). The van der Waals surface area contributed by atoms with Gasteiger partial charge in [0, 0.05) is 8.45 Å². The topological polar surface area (TPSA) is 55.4 Å². The molecule has 4 nitrogen and oxygen atoms in total. The van der Waals surface area contributed by atoms with Crippen molar-refractivity contribution < 1.29 is 14.3 Å². The van der Waals surface area contributed by atoms with Gasteiger partial charge in [0.05, 0.1) is 11.6 Å². The molecule has 0 aliphatic carbocycles. The summed E-state index contributed by atoms with van der Waals surface area (Å²) >= 11 is 3.63. The molecule has 1 heterocycles. The monoisotopic (exact) mass is 415 g/mol. The highest BCUT2D eigenvalue weighted by molar-refractivity contribution is 14.1. The van der Waals surface area contributed by atoms with E-state index in [1.165, 1.54) is 0 Å². The number of amides is 1. The lowest BCUT2D eigenvalue weighted by atomic mass is 10.2. The molecule has 6 heteroatoms. The van der Waals surface area contributed by atoms with Crippen LogP contribution >= 0.6 is 33.9 Å². The molecule has 2 aromatic rings. The van der Waals surface area contributed by atoms with Crippen LogP contribution in [0.5, 0.6) is 0 Å². The van der Waals surface area contributed by atoms with E-state index < -0.39 is 5.97 Å². The summed E-state index contributed by atoms with van der Waals surface area (Å²) in [7, 11) is 0. The zero-order chi connectivity index (χ0) is 15.2. The van der Waals surface area contributed by atoms with Gasteiger partial charge in [0.2, 0.25) is 0 Å². The molecule has 0 saturated carbocycles. The van der Waals surface area contributed by atoms with Crippen LogP contribution in [0.1, 0.15) is 28.2 Å². The minimum Gasteiger partial charge on any atom is -0.452 e. The Morgan fingerprint density at radius 1 is 1.29 bits per heavy atom. The third-order valence-corrected chi connectivity index (χ3v) is 4.77. The number of thiophene rings is 1. The average Bonchev–Trinajstić information content (AvgIpc) is 2.99. The van der Waals surface area contributed by atoms with Gasteiger partial charge in [0.1, 0.15) is 0 Å². The number of hydrogen-bond acceptors (Lipinski definition) is 4. The van der Waals surface area contributed by atoms with Gasteiger partial charge >= 0.3 is 5.97 Å². The van der Waals surface area contributed by atoms with Crippen LogP contribution in [0.15, 0.2) is 41.8 Å². The largest absolute Gasteiger partial charge is 0.452 e. The molecule has 1 amide bonds. The maximum absolute atomic E-state index is 11.9. The van der Waals surface area contributed by atoms with Crippen LogP contribution in [-0.4, -0.2) is 18.5 Å². The zero-order valence-electron chi connectivity index (χ0n) is 11.3. The summed E-state index contributed by atoms with van der Waals surface area (Å²) in [5.74, 6) is -0.797. The van der Waals surface area contributed by atoms with E-state index in [0.29, 0.717) is 5.56 Å². The Morgan fingerprint density at radius 3 is 2.71 bits per heavy atom. The van der Waals surface area contributed by atoms with Crippen LogP contribution in [0.2, 0.25) is 0 Å². The summed E-state index contributed by atoms with van der Waals surface area (Å²) < 4.78 is 5.84. The molecule has 110 valence electrons. The highest BCUT2D eigenvalue weighted by Crippen LogP contribution is 2.18.